The first-order valence-corrected chi connectivity index (χ1v) is 9.80. The number of hydrogen-bond acceptors (Lipinski definition) is 6. The lowest BCUT2D eigenvalue weighted by Gasteiger charge is -2.12. The van der Waals surface area contributed by atoms with Crippen LogP contribution in [0.3, 0.4) is 0 Å². The van der Waals surface area contributed by atoms with Crippen molar-refractivity contribution in [3.8, 4) is 5.75 Å². The van der Waals surface area contributed by atoms with E-state index in [0.29, 0.717) is 34.5 Å². The van der Waals surface area contributed by atoms with Crippen LogP contribution in [-0.4, -0.2) is 26.9 Å². The topological polar surface area (TPSA) is 99.6 Å². The number of benzene rings is 2. The van der Waals surface area contributed by atoms with Gasteiger partial charge in [-0.3, -0.25) is 14.9 Å². The number of nitrogens with zero attached hydrogens (tertiary/aromatic N) is 4. The molecule has 0 unspecified atom stereocenters. The van der Waals surface area contributed by atoms with Gasteiger partial charge in [-0.15, -0.1) is 0 Å². The Labute approximate surface area is 175 Å². The molecule has 9 heteroatoms. The monoisotopic (exact) mass is 458 g/mol. The first kappa shape index (κ1) is 20.7. The summed E-state index contributed by atoms with van der Waals surface area (Å²) >= 11 is 3.36. The summed E-state index contributed by atoms with van der Waals surface area (Å²) in [6.45, 7) is 5.58. The van der Waals surface area contributed by atoms with Gasteiger partial charge in [0, 0.05) is 28.6 Å². The molecule has 0 fully saturated rings. The van der Waals surface area contributed by atoms with Crippen molar-refractivity contribution in [2.75, 3.05) is 0 Å². The maximum absolute atomic E-state index is 13.0. The normalized spacial score (nSPS) is 11.5. The highest BCUT2D eigenvalue weighted by atomic mass is 79.9. The van der Waals surface area contributed by atoms with Crippen LogP contribution in [0.1, 0.15) is 32.2 Å². The second kappa shape index (κ2) is 8.52. The zero-order chi connectivity index (χ0) is 21.1. The summed E-state index contributed by atoms with van der Waals surface area (Å²) in [4.78, 5) is 28.1. The quantitative estimate of drug-likeness (QED) is 0.311. The first-order valence-electron chi connectivity index (χ1n) is 9.00. The van der Waals surface area contributed by atoms with E-state index in [-0.39, 0.29) is 17.4 Å². The molecule has 29 heavy (non-hydrogen) atoms. The van der Waals surface area contributed by atoms with Crippen molar-refractivity contribution in [1.29, 1.82) is 0 Å². The van der Waals surface area contributed by atoms with Crippen LogP contribution >= 0.6 is 15.9 Å². The lowest BCUT2D eigenvalue weighted by atomic mass is 10.2. The fourth-order valence-electron chi connectivity index (χ4n) is 2.77. The van der Waals surface area contributed by atoms with E-state index in [1.807, 2.05) is 26.8 Å². The molecule has 0 amide bonds. The third-order valence-corrected chi connectivity index (χ3v) is 4.56. The van der Waals surface area contributed by atoms with E-state index in [1.54, 1.807) is 12.1 Å². The third-order valence-electron chi connectivity index (χ3n) is 4.07. The second-order valence-electron chi connectivity index (χ2n) is 6.55. The van der Waals surface area contributed by atoms with Gasteiger partial charge in [-0.1, -0.05) is 22.9 Å². The summed E-state index contributed by atoms with van der Waals surface area (Å²) in [6, 6.07) is 9.54. The van der Waals surface area contributed by atoms with Gasteiger partial charge < -0.3 is 4.74 Å². The highest BCUT2D eigenvalue weighted by Crippen LogP contribution is 2.24. The lowest BCUT2D eigenvalue weighted by molar-refractivity contribution is -0.384. The molecule has 8 nitrogen and oxygen atoms in total. The van der Waals surface area contributed by atoms with Gasteiger partial charge in [-0.2, -0.15) is 9.78 Å². The van der Waals surface area contributed by atoms with Gasteiger partial charge >= 0.3 is 0 Å². The van der Waals surface area contributed by atoms with E-state index in [0.717, 1.165) is 4.47 Å². The molecule has 1 aromatic heterocycles. The molecule has 1 heterocycles. The van der Waals surface area contributed by atoms with E-state index in [2.05, 4.69) is 26.0 Å². The smallest absolute Gasteiger partial charge is 0.282 e. The lowest BCUT2D eigenvalue weighted by Crippen LogP contribution is -2.22. The second-order valence-corrected chi connectivity index (χ2v) is 7.47. The molecule has 3 aromatic rings. The molecule has 3 rings (SSSR count). The highest BCUT2D eigenvalue weighted by Gasteiger charge is 2.13. The molecule has 150 valence electrons. The van der Waals surface area contributed by atoms with Crippen molar-refractivity contribution in [3.05, 3.63) is 72.7 Å². The molecule has 0 atom stereocenters. The Morgan fingerprint density at radius 1 is 1.31 bits per heavy atom. The maximum Gasteiger partial charge on any atom is 0.282 e. The summed E-state index contributed by atoms with van der Waals surface area (Å²) < 4.78 is 7.69. The average molecular weight is 459 g/mol. The Bertz CT molecular complexity index is 1170. The van der Waals surface area contributed by atoms with Crippen molar-refractivity contribution in [2.45, 2.75) is 33.3 Å². The fraction of sp³-hybridized carbons (Fsp3) is 0.250. The van der Waals surface area contributed by atoms with Crippen molar-refractivity contribution in [1.82, 2.24) is 9.66 Å². The Morgan fingerprint density at radius 3 is 2.72 bits per heavy atom. The summed E-state index contributed by atoms with van der Waals surface area (Å²) in [7, 11) is 0. The van der Waals surface area contributed by atoms with Crippen molar-refractivity contribution in [2.24, 2.45) is 5.10 Å². The van der Waals surface area contributed by atoms with Crippen molar-refractivity contribution >= 4 is 38.7 Å². The molecule has 0 aliphatic rings. The third kappa shape index (κ3) is 4.51. The van der Waals surface area contributed by atoms with Crippen LogP contribution in [0.5, 0.6) is 5.75 Å². The summed E-state index contributed by atoms with van der Waals surface area (Å²) in [6.07, 6.45) is 1.75. The summed E-state index contributed by atoms with van der Waals surface area (Å²) in [5.41, 5.74) is 0.573. The molecular weight excluding hydrogens is 440 g/mol. The predicted molar refractivity (Wildman–Crippen MR) is 115 cm³/mol. The number of hydrogen-bond donors (Lipinski definition) is 0. The van der Waals surface area contributed by atoms with E-state index in [1.165, 1.54) is 29.1 Å². The molecule has 0 saturated heterocycles. The standard InChI is InChI=1S/C20H19BrN4O4/c1-4-19-23-17-7-5-14(21)10-16(17)20(26)24(19)22-11-13-9-15(25(27)28)6-8-18(13)29-12(2)3/h5-12H,4H2,1-3H3. The highest BCUT2D eigenvalue weighted by molar-refractivity contribution is 9.10. The summed E-state index contributed by atoms with van der Waals surface area (Å²) in [5, 5.41) is 15.9. The number of aryl methyl sites for hydroxylation is 1. The summed E-state index contributed by atoms with van der Waals surface area (Å²) in [5.74, 6) is 0.926. The van der Waals surface area contributed by atoms with Crippen molar-refractivity contribution in [3.63, 3.8) is 0 Å². The van der Waals surface area contributed by atoms with Gasteiger partial charge in [0.05, 0.1) is 28.1 Å². The number of non-ortho nitro benzene ring substituents is 1. The molecule has 0 bridgehead atoms. The van der Waals surface area contributed by atoms with Crippen LogP contribution in [-0.2, 0) is 6.42 Å². The van der Waals surface area contributed by atoms with Crippen LogP contribution in [0.25, 0.3) is 10.9 Å². The average Bonchev–Trinajstić information content (AvgIpc) is 2.67. The molecule has 0 saturated carbocycles. The van der Waals surface area contributed by atoms with Crippen LogP contribution in [0.4, 0.5) is 5.69 Å². The number of halogens is 1. The number of rotatable bonds is 6. The van der Waals surface area contributed by atoms with E-state index in [9.17, 15) is 14.9 Å². The largest absolute Gasteiger partial charge is 0.490 e. The fourth-order valence-corrected chi connectivity index (χ4v) is 3.14. The Hall–Kier alpha value is -3.07. The zero-order valence-electron chi connectivity index (χ0n) is 16.1. The Balaban J connectivity index is 2.15. The number of ether oxygens (including phenoxy) is 1. The van der Waals surface area contributed by atoms with E-state index in [4.69, 9.17) is 4.74 Å². The van der Waals surface area contributed by atoms with Crippen LogP contribution < -0.4 is 10.3 Å². The van der Waals surface area contributed by atoms with Gasteiger partial charge in [0.2, 0.25) is 0 Å². The van der Waals surface area contributed by atoms with Crippen LogP contribution in [0, 0.1) is 10.1 Å². The molecule has 0 spiro atoms. The molecule has 0 radical (unpaired) electrons. The van der Waals surface area contributed by atoms with E-state index >= 15 is 0 Å². The Kier molecular flexibility index (Phi) is 6.07. The number of aromatic nitrogens is 2. The van der Waals surface area contributed by atoms with Gasteiger partial charge in [-0.25, -0.2) is 4.98 Å². The number of nitro groups is 1. The molecular formula is C20H19BrN4O4. The predicted octanol–water partition coefficient (Wildman–Crippen LogP) is 4.30. The minimum atomic E-state index is -0.491. The maximum atomic E-state index is 13.0. The number of nitro benzene ring substituents is 1. The molecule has 2 aromatic carbocycles. The minimum Gasteiger partial charge on any atom is -0.490 e. The zero-order valence-corrected chi connectivity index (χ0v) is 17.7. The molecule has 0 aliphatic heterocycles. The van der Waals surface area contributed by atoms with Gasteiger partial charge in [-0.05, 0) is 38.1 Å². The SMILES string of the molecule is CCc1nc2ccc(Br)cc2c(=O)n1N=Cc1cc([N+](=O)[O-])ccc1OC(C)C. The minimum absolute atomic E-state index is 0.0915. The first-order chi connectivity index (χ1) is 13.8. The molecule has 0 aliphatic carbocycles. The number of fused-ring (bicyclic) bond motifs is 1. The van der Waals surface area contributed by atoms with Gasteiger partial charge in [0.15, 0.2) is 0 Å². The van der Waals surface area contributed by atoms with Gasteiger partial charge in [0.1, 0.15) is 11.6 Å². The Morgan fingerprint density at radius 2 is 2.07 bits per heavy atom. The van der Waals surface area contributed by atoms with Crippen molar-refractivity contribution < 1.29 is 9.66 Å². The van der Waals surface area contributed by atoms with Crippen LogP contribution in [0.2, 0.25) is 0 Å². The molecule has 0 N–H and O–H groups in total. The van der Waals surface area contributed by atoms with Crippen LogP contribution in [0.15, 0.2) is 50.8 Å². The van der Waals surface area contributed by atoms with Gasteiger partial charge in [0.25, 0.3) is 11.2 Å². The van der Waals surface area contributed by atoms with E-state index < -0.39 is 4.92 Å².